The van der Waals surface area contributed by atoms with Crippen LogP contribution in [0, 0.1) is 5.92 Å². The molecule has 1 aliphatic rings. The normalized spacial score (nSPS) is 17.7. The van der Waals surface area contributed by atoms with Crippen molar-refractivity contribution in [1.29, 1.82) is 0 Å². The van der Waals surface area contributed by atoms with Crippen molar-refractivity contribution in [3.05, 3.63) is 66.4 Å². The minimum atomic E-state index is -0.233. The largest absolute Gasteiger partial charge is 0.459 e. The first-order valence-electron chi connectivity index (χ1n) is 10.00. The van der Waals surface area contributed by atoms with Crippen LogP contribution in [0.3, 0.4) is 0 Å². The molecule has 0 spiro atoms. The molecule has 150 valence electrons. The van der Waals surface area contributed by atoms with Crippen molar-refractivity contribution in [3.63, 3.8) is 0 Å². The molecule has 3 aromatic rings. The number of likely N-dealkylation sites (tertiary alicyclic amines) is 1. The number of furan rings is 1. The number of para-hydroxylation sites is 2. The van der Waals surface area contributed by atoms with E-state index in [9.17, 15) is 9.59 Å². The maximum absolute atomic E-state index is 12.8. The molecule has 0 saturated carbocycles. The minimum Gasteiger partial charge on any atom is -0.459 e. The molecule has 6 heteroatoms. The van der Waals surface area contributed by atoms with E-state index in [1.54, 1.807) is 4.90 Å². The lowest BCUT2D eigenvalue weighted by Gasteiger charge is -2.32. The molecular formula is C23H25N3O3. The number of nitrogens with zero attached hydrogens (tertiary/aromatic N) is 1. The summed E-state index contributed by atoms with van der Waals surface area (Å²) in [7, 11) is 0. The fourth-order valence-corrected chi connectivity index (χ4v) is 3.72. The Kier molecular flexibility index (Phi) is 5.51. The number of hydrogen-bond acceptors (Lipinski definition) is 3. The average Bonchev–Trinajstić information content (AvgIpc) is 3.19. The van der Waals surface area contributed by atoms with Crippen LogP contribution in [-0.2, 0) is 4.79 Å². The summed E-state index contributed by atoms with van der Waals surface area (Å²) < 4.78 is 5.85. The highest BCUT2D eigenvalue weighted by Gasteiger charge is 2.29. The summed E-state index contributed by atoms with van der Waals surface area (Å²) in [5.41, 5.74) is 1.56. The van der Waals surface area contributed by atoms with Crippen molar-refractivity contribution in [2.75, 3.05) is 18.4 Å². The van der Waals surface area contributed by atoms with Gasteiger partial charge in [0, 0.05) is 24.2 Å². The van der Waals surface area contributed by atoms with E-state index < -0.39 is 0 Å². The molecule has 0 radical (unpaired) electrons. The lowest BCUT2D eigenvalue weighted by atomic mass is 9.97. The van der Waals surface area contributed by atoms with E-state index in [0.717, 1.165) is 35.3 Å². The number of amides is 3. The predicted octanol–water partition coefficient (Wildman–Crippen LogP) is 4.55. The maximum Gasteiger partial charge on any atom is 0.321 e. The summed E-state index contributed by atoms with van der Waals surface area (Å²) >= 11 is 0. The third-order valence-electron chi connectivity index (χ3n) is 5.33. The summed E-state index contributed by atoms with van der Waals surface area (Å²) in [6, 6.07) is 18.7. The third-order valence-corrected chi connectivity index (χ3v) is 5.33. The number of carbonyl (C=O) groups is 2. The molecule has 6 nitrogen and oxygen atoms in total. The van der Waals surface area contributed by atoms with Gasteiger partial charge in [0.1, 0.15) is 11.3 Å². The molecule has 29 heavy (non-hydrogen) atoms. The van der Waals surface area contributed by atoms with Crippen molar-refractivity contribution < 1.29 is 14.0 Å². The monoisotopic (exact) mass is 391 g/mol. The number of anilines is 1. The molecule has 2 N–H and O–H groups in total. The van der Waals surface area contributed by atoms with Gasteiger partial charge in [-0.15, -0.1) is 0 Å². The van der Waals surface area contributed by atoms with Gasteiger partial charge in [-0.1, -0.05) is 36.4 Å². The second kappa shape index (κ2) is 8.39. The van der Waals surface area contributed by atoms with Crippen molar-refractivity contribution >= 4 is 28.6 Å². The second-order valence-corrected chi connectivity index (χ2v) is 7.50. The molecule has 3 amide bonds. The lowest BCUT2D eigenvalue weighted by Crippen LogP contribution is -2.47. The quantitative estimate of drug-likeness (QED) is 0.685. The SMILES string of the molecule is C[C@H](NC(=O)[C@@H]1CCCN(C(=O)Nc2ccccc2)C1)c1cc2ccccc2o1. The molecule has 2 aromatic carbocycles. The number of rotatable bonds is 4. The van der Waals surface area contributed by atoms with E-state index in [2.05, 4.69) is 10.6 Å². The highest BCUT2D eigenvalue weighted by molar-refractivity contribution is 5.90. The van der Waals surface area contributed by atoms with Crippen LogP contribution in [0.1, 0.15) is 31.6 Å². The van der Waals surface area contributed by atoms with Gasteiger partial charge in [0.25, 0.3) is 0 Å². The average molecular weight is 391 g/mol. The highest BCUT2D eigenvalue weighted by Crippen LogP contribution is 2.25. The summed E-state index contributed by atoms with van der Waals surface area (Å²) in [6.45, 7) is 2.98. The van der Waals surface area contributed by atoms with E-state index in [1.807, 2.05) is 67.6 Å². The molecule has 1 aromatic heterocycles. The standard InChI is InChI=1S/C23H25N3O3/c1-16(21-14-17-8-5-6-12-20(17)29-21)24-22(27)18-9-7-13-26(15-18)23(28)25-19-10-3-2-4-11-19/h2-6,8,10-12,14,16,18H,7,9,13,15H2,1H3,(H,24,27)(H,25,28)/t16-,18+/m0/s1. The van der Waals surface area contributed by atoms with Crippen LogP contribution < -0.4 is 10.6 Å². The van der Waals surface area contributed by atoms with E-state index in [1.165, 1.54) is 0 Å². The van der Waals surface area contributed by atoms with Crippen molar-refractivity contribution in [3.8, 4) is 0 Å². The fourth-order valence-electron chi connectivity index (χ4n) is 3.72. The molecule has 4 rings (SSSR count). The highest BCUT2D eigenvalue weighted by atomic mass is 16.3. The zero-order valence-electron chi connectivity index (χ0n) is 16.4. The Bertz CT molecular complexity index is 966. The van der Waals surface area contributed by atoms with Crippen LogP contribution in [0.15, 0.2) is 65.1 Å². The van der Waals surface area contributed by atoms with Crippen LogP contribution in [0.2, 0.25) is 0 Å². The molecule has 1 saturated heterocycles. The summed E-state index contributed by atoms with van der Waals surface area (Å²) in [4.78, 5) is 27.1. The first-order chi connectivity index (χ1) is 14.1. The summed E-state index contributed by atoms with van der Waals surface area (Å²) in [6.07, 6.45) is 1.58. The number of piperidine rings is 1. The van der Waals surface area contributed by atoms with Crippen molar-refractivity contribution in [2.24, 2.45) is 5.92 Å². The Hall–Kier alpha value is -3.28. The van der Waals surface area contributed by atoms with Crippen LogP contribution >= 0.6 is 0 Å². The fraction of sp³-hybridized carbons (Fsp3) is 0.304. The number of carbonyl (C=O) groups excluding carboxylic acids is 2. The summed E-state index contributed by atoms with van der Waals surface area (Å²) in [5.74, 6) is 0.460. The van der Waals surface area contributed by atoms with E-state index >= 15 is 0 Å². The Morgan fingerprint density at radius 3 is 2.66 bits per heavy atom. The topological polar surface area (TPSA) is 74.6 Å². The van der Waals surface area contributed by atoms with Gasteiger partial charge in [0.05, 0.1) is 12.0 Å². The van der Waals surface area contributed by atoms with Gasteiger partial charge in [0.15, 0.2) is 0 Å². The second-order valence-electron chi connectivity index (χ2n) is 7.50. The van der Waals surface area contributed by atoms with Crippen LogP contribution in [0.25, 0.3) is 11.0 Å². The predicted molar refractivity (Wildman–Crippen MR) is 113 cm³/mol. The van der Waals surface area contributed by atoms with E-state index in [0.29, 0.717) is 13.1 Å². The van der Waals surface area contributed by atoms with E-state index in [-0.39, 0.29) is 23.9 Å². The number of urea groups is 1. The number of nitrogens with one attached hydrogen (secondary N) is 2. The molecule has 2 atom stereocenters. The van der Waals surface area contributed by atoms with Crippen LogP contribution in [0.5, 0.6) is 0 Å². The first kappa shape index (κ1) is 19.1. The Morgan fingerprint density at radius 2 is 1.86 bits per heavy atom. The molecule has 1 aliphatic heterocycles. The third kappa shape index (κ3) is 4.42. The van der Waals surface area contributed by atoms with Gasteiger partial charge in [-0.3, -0.25) is 4.79 Å². The first-order valence-corrected chi connectivity index (χ1v) is 10.00. The molecule has 0 aliphatic carbocycles. The molecule has 0 unspecified atom stereocenters. The van der Waals surface area contributed by atoms with Gasteiger partial charge in [-0.2, -0.15) is 0 Å². The summed E-state index contributed by atoms with van der Waals surface area (Å²) in [5, 5.41) is 6.96. The van der Waals surface area contributed by atoms with Gasteiger partial charge in [-0.25, -0.2) is 4.79 Å². The zero-order valence-corrected chi connectivity index (χ0v) is 16.4. The van der Waals surface area contributed by atoms with Crippen LogP contribution in [0.4, 0.5) is 10.5 Å². The number of benzene rings is 2. The van der Waals surface area contributed by atoms with Gasteiger partial charge >= 0.3 is 6.03 Å². The van der Waals surface area contributed by atoms with Crippen LogP contribution in [-0.4, -0.2) is 29.9 Å². The smallest absolute Gasteiger partial charge is 0.321 e. The molecule has 0 bridgehead atoms. The van der Waals surface area contributed by atoms with Gasteiger partial charge < -0.3 is 20.0 Å². The van der Waals surface area contributed by atoms with Gasteiger partial charge in [-0.05, 0) is 44.0 Å². The zero-order chi connectivity index (χ0) is 20.2. The van der Waals surface area contributed by atoms with Crippen molar-refractivity contribution in [1.82, 2.24) is 10.2 Å². The Balaban J connectivity index is 1.36. The molecule has 1 fully saturated rings. The molecular weight excluding hydrogens is 366 g/mol. The minimum absolute atomic E-state index is 0.0461. The van der Waals surface area contributed by atoms with E-state index in [4.69, 9.17) is 4.42 Å². The maximum atomic E-state index is 12.8. The van der Waals surface area contributed by atoms with Crippen molar-refractivity contribution in [2.45, 2.75) is 25.8 Å². The number of hydrogen-bond donors (Lipinski definition) is 2. The Morgan fingerprint density at radius 1 is 1.10 bits per heavy atom. The Labute approximate surface area is 169 Å². The van der Waals surface area contributed by atoms with Gasteiger partial charge in [0.2, 0.25) is 5.91 Å². The lowest BCUT2D eigenvalue weighted by molar-refractivity contribution is -0.127. The number of fused-ring (bicyclic) bond motifs is 1. The molecule has 2 heterocycles.